The van der Waals surface area contributed by atoms with E-state index < -0.39 is 0 Å². The molecule has 0 unspecified atom stereocenters. The zero-order valence-corrected chi connectivity index (χ0v) is 12.3. The first-order valence-electron chi connectivity index (χ1n) is 7.39. The zero-order valence-electron chi connectivity index (χ0n) is 12.3. The number of benzene rings is 2. The lowest BCUT2D eigenvalue weighted by atomic mass is 10.1. The molecule has 2 nitrogen and oxygen atoms in total. The highest BCUT2D eigenvalue weighted by Crippen LogP contribution is 2.09. The highest BCUT2D eigenvalue weighted by Gasteiger charge is 2.06. The van der Waals surface area contributed by atoms with E-state index >= 15 is 0 Å². The van der Waals surface area contributed by atoms with E-state index in [1.807, 2.05) is 0 Å². The Labute approximate surface area is 122 Å². The SMILES string of the molecule is CCNCCN(Cc1ccccc1)Cc1ccccc1. The molecule has 0 spiro atoms. The van der Waals surface area contributed by atoms with Gasteiger partial charge in [0.2, 0.25) is 0 Å². The van der Waals surface area contributed by atoms with Crippen LogP contribution in [0.5, 0.6) is 0 Å². The molecular formula is C18H24N2. The number of hydrogen-bond acceptors (Lipinski definition) is 2. The van der Waals surface area contributed by atoms with Gasteiger partial charge >= 0.3 is 0 Å². The smallest absolute Gasteiger partial charge is 0.0237 e. The van der Waals surface area contributed by atoms with E-state index in [0.717, 1.165) is 32.7 Å². The van der Waals surface area contributed by atoms with Crippen molar-refractivity contribution in [3.8, 4) is 0 Å². The van der Waals surface area contributed by atoms with Gasteiger partial charge < -0.3 is 5.32 Å². The van der Waals surface area contributed by atoms with Gasteiger partial charge in [0.05, 0.1) is 0 Å². The minimum absolute atomic E-state index is 1.00. The Balaban J connectivity index is 1.96. The van der Waals surface area contributed by atoms with Crippen molar-refractivity contribution in [2.75, 3.05) is 19.6 Å². The molecule has 0 radical (unpaired) electrons. The molecule has 0 saturated carbocycles. The topological polar surface area (TPSA) is 15.3 Å². The summed E-state index contributed by atoms with van der Waals surface area (Å²) in [6, 6.07) is 21.4. The van der Waals surface area contributed by atoms with Gasteiger partial charge in [0.15, 0.2) is 0 Å². The summed E-state index contributed by atoms with van der Waals surface area (Å²) >= 11 is 0. The summed E-state index contributed by atoms with van der Waals surface area (Å²) in [6.07, 6.45) is 0. The second-order valence-electron chi connectivity index (χ2n) is 5.04. The predicted molar refractivity (Wildman–Crippen MR) is 85.5 cm³/mol. The molecule has 0 aliphatic rings. The van der Waals surface area contributed by atoms with Crippen molar-refractivity contribution in [2.45, 2.75) is 20.0 Å². The highest BCUT2D eigenvalue weighted by molar-refractivity contribution is 5.17. The molecule has 106 valence electrons. The van der Waals surface area contributed by atoms with Crippen LogP contribution >= 0.6 is 0 Å². The standard InChI is InChI=1S/C18H24N2/c1-2-19-13-14-20(15-17-9-5-3-6-10-17)16-18-11-7-4-8-12-18/h3-12,19H,2,13-16H2,1H3. The van der Waals surface area contributed by atoms with Gasteiger partial charge in [0.1, 0.15) is 0 Å². The molecule has 0 bridgehead atoms. The lowest BCUT2D eigenvalue weighted by molar-refractivity contribution is 0.257. The molecule has 2 aromatic rings. The van der Waals surface area contributed by atoms with Crippen LogP contribution in [-0.4, -0.2) is 24.5 Å². The van der Waals surface area contributed by atoms with E-state index in [1.165, 1.54) is 11.1 Å². The summed E-state index contributed by atoms with van der Waals surface area (Å²) in [5, 5.41) is 3.41. The van der Waals surface area contributed by atoms with Gasteiger partial charge in [-0.05, 0) is 17.7 Å². The Morgan fingerprint density at radius 3 is 1.75 bits per heavy atom. The van der Waals surface area contributed by atoms with E-state index in [4.69, 9.17) is 0 Å². The van der Waals surface area contributed by atoms with Gasteiger partial charge in [-0.2, -0.15) is 0 Å². The summed E-state index contributed by atoms with van der Waals surface area (Å²) in [5.74, 6) is 0. The van der Waals surface area contributed by atoms with Crippen LogP contribution in [-0.2, 0) is 13.1 Å². The van der Waals surface area contributed by atoms with Crippen molar-refractivity contribution in [1.29, 1.82) is 0 Å². The molecule has 20 heavy (non-hydrogen) atoms. The van der Waals surface area contributed by atoms with Gasteiger partial charge in [0, 0.05) is 26.2 Å². The zero-order chi connectivity index (χ0) is 14.0. The minimum atomic E-state index is 1.00. The van der Waals surface area contributed by atoms with Crippen LogP contribution < -0.4 is 5.32 Å². The van der Waals surface area contributed by atoms with Crippen molar-refractivity contribution in [1.82, 2.24) is 10.2 Å². The van der Waals surface area contributed by atoms with Gasteiger partial charge in [-0.25, -0.2) is 0 Å². The highest BCUT2D eigenvalue weighted by atomic mass is 15.1. The fourth-order valence-corrected chi connectivity index (χ4v) is 2.31. The largest absolute Gasteiger partial charge is 0.316 e. The molecule has 0 amide bonds. The first kappa shape index (κ1) is 14.8. The third kappa shape index (κ3) is 5.16. The van der Waals surface area contributed by atoms with E-state index in [0.29, 0.717) is 0 Å². The van der Waals surface area contributed by atoms with E-state index in [-0.39, 0.29) is 0 Å². The summed E-state index contributed by atoms with van der Waals surface area (Å²) < 4.78 is 0. The molecule has 0 aromatic heterocycles. The third-order valence-corrected chi connectivity index (χ3v) is 3.35. The number of nitrogens with one attached hydrogen (secondary N) is 1. The van der Waals surface area contributed by atoms with Crippen LogP contribution in [0.15, 0.2) is 60.7 Å². The number of rotatable bonds is 8. The Kier molecular flexibility index (Phi) is 6.28. The summed E-state index contributed by atoms with van der Waals surface area (Å²) in [7, 11) is 0. The molecule has 0 heterocycles. The van der Waals surface area contributed by atoms with Crippen molar-refractivity contribution in [3.05, 3.63) is 71.8 Å². The van der Waals surface area contributed by atoms with Crippen molar-refractivity contribution in [2.24, 2.45) is 0 Å². The van der Waals surface area contributed by atoms with Crippen molar-refractivity contribution < 1.29 is 0 Å². The van der Waals surface area contributed by atoms with Gasteiger partial charge in [-0.1, -0.05) is 67.6 Å². The van der Waals surface area contributed by atoms with Gasteiger partial charge in [-0.15, -0.1) is 0 Å². The molecule has 0 aliphatic heterocycles. The maximum atomic E-state index is 3.41. The van der Waals surface area contributed by atoms with Crippen LogP contribution in [0, 0.1) is 0 Å². The number of nitrogens with zero attached hydrogens (tertiary/aromatic N) is 1. The Morgan fingerprint density at radius 2 is 1.30 bits per heavy atom. The molecule has 2 aromatic carbocycles. The normalized spacial score (nSPS) is 10.9. The first-order chi connectivity index (χ1) is 9.88. The Bertz CT molecular complexity index is 426. The van der Waals surface area contributed by atoms with Gasteiger partial charge in [-0.3, -0.25) is 4.90 Å². The minimum Gasteiger partial charge on any atom is -0.316 e. The van der Waals surface area contributed by atoms with E-state index in [1.54, 1.807) is 0 Å². The molecular weight excluding hydrogens is 244 g/mol. The fraction of sp³-hybridized carbons (Fsp3) is 0.333. The first-order valence-corrected chi connectivity index (χ1v) is 7.39. The summed E-state index contributed by atoms with van der Waals surface area (Å²) in [5.41, 5.74) is 2.75. The lowest BCUT2D eigenvalue weighted by Gasteiger charge is -2.22. The predicted octanol–water partition coefficient (Wildman–Crippen LogP) is 3.30. The number of likely N-dealkylation sites (N-methyl/N-ethyl adjacent to an activating group) is 1. The molecule has 2 heteroatoms. The second kappa shape index (κ2) is 8.51. The van der Waals surface area contributed by atoms with Crippen molar-refractivity contribution >= 4 is 0 Å². The van der Waals surface area contributed by atoms with Crippen LogP contribution in [0.2, 0.25) is 0 Å². The third-order valence-electron chi connectivity index (χ3n) is 3.35. The maximum absolute atomic E-state index is 3.41. The van der Waals surface area contributed by atoms with Gasteiger partial charge in [0.25, 0.3) is 0 Å². The average Bonchev–Trinajstić information content (AvgIpc) is 2.49. The van der Waals surface area contributed by atoms with Crippen LogP contribution in [0.3, 0.4) is 0 Å². The Morgan fingerprint density at radius 1 is 0.800 bits per heavy atom. The average molecular weight is 268 g/mol. The summed E-state index contributed by atoms with van der Waals surface area (Å²) in [4.78, 5) is 2.49. The molecule has 0 fully saturated rings. The van der Waals surface area contributed by atoms with E-state index in [9.17, 15) is 0 Å². The maximum Gasteiger partial charge on any atom is 0.0237 e. The van der Waals surface area contributed by atoms with Crippen LogP contribution in [0.25, 0.3) is 0 Å². The molecule has 0 saturated heterocycles. The molecule has 0 aliphatic carbocycles. The second-order valence-corrected chi connectivity index (χ2v) is 5.04. The molecule has 2 rings (SSSR count). The summed E-state index contributed by atoms with van der Waals surface area (Å²) in [6.45, 7) is 7.29. The quantitative estimate of drug-likeness (QED) is 0.739. The number of hydrogen-bond donors (Lipinski definition) is 1. The Hall–Kier alpha value is -1.64. The van der Waals surface area contributed by atoms with Crippen LogP contribution in [0.1, 0.15) is 18.1 Å². The molecule has 1 N–H and O–H groups in total. The van der Waals surface area contributed by atoms with Crippen LogP contribution in [0.4, 0.5) is 0 Å². The fourth-order valence-electron chi connectivity index (χ4n) is 2.31. The van der Waals surface area contributed by atoms with E-state index in [2.05, 4.69) is 77.8 Å². The van der Waals surface area contributed by atoms with Crippen molar-refractivity contribution in [3.63, 3.8) is 0 Å². The monoisotopic (exact) mass is 268 g/mol. The molecule has 0 atom stereocenters. The lowest BCUT2D eigenvalue weighted by Crippen LogP contribution is -2.31.